The van der Waals surface area contributed by atoms with E-state index in [0.29, 0.717) is 31.3 Å². The summed E-state index contributed by atoms with van der Waals surface area (Å²) in [5.41, 5.74) is 0.125. The van der Waals surface area contributed by atoms with Gasteiger partial charge in [0.25, 0.3) is 0 Å². The van der Waals surface area contributed by atoms with E-state index in [1.807, 2.05) is 25.9 Å². The summed E-state index contributed by atoms with van der Waals surface area (Å²) in [4.78, 5) is 13.1. The number of carboxylic acids is 1. The molecule has 0 aliphatic heterocycles. The molecule has 0 bridgehead atoms. The number of ether oxygens (including phenoxy) is 2. The van der Waals surface area contributed by atoms with Crippen LogP contribution in [-0.4, -0.2) is 49.8 Å². The van der Waals surface area contributed by atoms with E-state index in [0.717, 1.165) is 0 Å². The molecule has 0 aliphatic carbocycles. The van der Waals surface area contributed by atoms with Crippen LogP contribution in [0.2, 0.25) is 0 Å². The SMILES string of the molecule is CCOc1cccc(C(=O)O)c1OCCN(C)C. The van der Waals surface area contributed by atoms with E-state index in [-0.39, 0.29) is 5.56 Å². The number of aromatic carboxylic acids is 1. The highest BCUT2D eigenvalue weighted by atomic mass is 16.5. The van der Waals surface area contributed by atoms with Crippen LogP contribution in [0.5, 0.6) is 11.5 Å². The Morgan fingerprint density at radius 2 is 2.06 bits per heavy atom. The second-order valence-corrected chi connectivity index (χ2v) is 4.02. The number of carbonyl (C=O) groups is 1. The standard InChI is InChI=1S/C13H19NO4/c1-4-17-11-7-5-6-10(13(15)16)12(11)18-9-8-14(2)3/h5-7H,4,8-9H2,1-3H3,(H,15,16). The summed E-state index contributed by atoms with van der Waals surface area (Å²) in [6.45, 7) is 3.43. The fourth-order valence-electron chi connectivity index (χ4n) is 1.43. The van der Waals surface area contributed by atoms with E-state index in [1.54, 1.807) is 12.1 Å². The first kappa shape index (κ1) is 14.3. The average Bonchev–Trinajstić information content (AvgIpc) is 2.30. The second kappa shape index (κ2) is 6.86. The lowest BCUT2D eigenvalue weighted by molar-refractivity contribution is 0.0690. The molecule has 0 aliphatic rings. The quantitative estimate of drug-likeness (QED) is 0.801. The lowest BCUT2D eigenvalue weighted by atomic mass is 10.2. The van der Waals surface area contributed by atoms with E-state index in [4.69, 9.17) is 14.6 Å². The van der Waals surface area contributed by atoms with Crippen molar-refractivity contribution in [3.05, 3.63) is 23.8 Å². The lowest BCUT2D eigenvalue weighted by Crippen LogP contribution is -2.20. The Balaban J connectivity index is 2.91. The molecule has 0 unspecified atom stereocenters. The van der Waals surface area contributed by atoms with Crippen molar-refractivity contribution in [1.29, 1.82) is 0 Å². The number of hydrogen-bond acceptors (Lipinski definition) is 4. The molecule has 1 rings (SSSR count). The summed E-state index contributed by atoms with van der Waals surface area (Å²) >= 11 is 0. The third kappa shape index (κ3) is 3.92. The highest BCUT2D eigenvalue weighted by Gasteiger charge is 2.16. The van der Waals surface area contributed by atoms with Gasteiger partial charge in [0.15, 0.2) is 11.5 Å². The molecule has 0 radical (unpaired) electrons. The first-order valence-electron chi connectivity index (χ1n) is 5.83. The molecule has 0 heterocycles. The minimum atomic E-state index is -1.02. The van der Waals surface area contributed by atoms with Gasteiger partial charge in [0, 0.05) is 6.54 Å². The first-order valence-corrected chi connectivity index (χ1v) is 5.83. The van der Waals surface area contributed by atoms with Crippen molar-refractivity contribution in [2.24, 2.45) is 0 Å². The van der Waals surface area contributed by atoms with Crippen LogP contribution >= 0.6 is 0 Å². The smallest absolute Gasteiger partial charge is 0.339 e. The molecule has 1 aromatic rings. The fraction of sp³-hybridized carbons (Fsp3) is 0.462. The molecular weight excluding hydrogens is 234 g/mol. The first-order chi connectivity index (χ1) is 8.56. The van der Waals surface area contributed by atoms with Crippen LogP contribution in [0.1, 0.15) is 17.3 Å². The van der Waals surface area contributed by atoms with Gasteiger partial charge in [-0.25, -0.2) is 4.79 Å². The van der Waals surface area contributed by atoms with Gasteiger partial charge in [0.2, 0.25) is 0 Å². The summed E-state index contributed by atoms with van der Waals surface area (Å²) in [6, 6.07) is 4.87. The van der Waals surface area contributed by atoms with E-state index in [2.05, 4.69) is 0 Å². The van der Waals surface area contributed by atoms with E-state index < -0.39 is 5.97 Å². The number of carboxylic acid groups (broad SMARTS) is 1. The molecule has 0 amide bonds. The summed E-state index contributed by atoms with van der Waals surface area (Å²) in [7, 11) is 3.85. The molecule has 100 valence electrons. The molecule has 18 heavy (non-hydrogen) atoms. The van der Waals surface area contributed by atoms with Gasteiger partial charge < -0.3 is 19.5 Å². The van der Waals surface area contributed by atoms with E-state index >= 15 is 0 Å². The van der Waals surface area contributed by atoms with Crippen molar-refractivity contribution < 1.29 is 19.4 Å². The largest absolute Gasteiger partial charge is 0.490 e. The molecule has 0 aromatic heterocycles. The van der Waals surface area contributed by atoms with Gasteiger partial charge in [-0.05, 0) is 33.2 Å². The van der Waals surface area contributed by atoms with Gasteiger partial charge in [-0.15, -0.1) is 0 Å². The summed E-state index contributed by atoms with van der Waals surface area (Å²) in [5.74, 6) is -0.249. The Hall–Kier alpha value is -1.75. The normalized spacial score (nSPS) is 10.4. The van der Waals surface area contributed by atoms with Crippen molar-refractivity contribution in [2.45, 2.75) is 6.92 Å². The third-order valence-corrected chi connectivity index (χ3v) is 2.29. The van der Waals surface area contributed by atoms with Crippen LogP contribution in [0.25, 0.3) is 0 Å². The highest BCUT2D eigenvalue weighted by molar-refractivity contribution is 5.92. The molecule has 1 N–H and O–H groups in total. The van der Waals surface area contributed by atoms with E-state index in [9.17, 15) is 4.79 Å². The number of para-hydroxylation sites is 1. The zero-order valence-electron chi connectivity index (χ0n) is 11.0. The number of hydrogen-bond donors (Lipinski definition) is 1. The predicted molar refractivity (Wildman–Crippen MR) is 68.6 cm³/mol. The molecule has 0 fully saturated rings. The molecule has 0 saturated heterocycles. The van der Waals surface area contributed by atoms with Gasteiger partial charge in [-0.3, -0.25) is 0 Å². The van der Waals surface area contributed by atoms with E-state index in [1.165, 1.54) is 6.07 Å². The fourth-order valence-corrected chi connectivity index (χ4v) is 1.43. The summed E-state index contributed by atoms with van der Waals surface area (Å²) in [6.07, 6.45) is 0. The van der Waals surface area contributed by atoms with Crippen LogP contribution in [0, 0.1) is 0 Å². The van der Waals surface area contributed by atoms with Gasteiger partial charge in [-0.2, -0.15) is 0 Å². The molecule has 0 saturated carbocycles. The zero-order valence-corrected chi connectivity index (χ0v) is 11.0. The Kier molecular flexibility index (Phi) is 5.45. The lowest BCUT2D eigenvalue weighted by Gasteiger charge is -2.15. The van der Waals surface area contributed by atoms with Crippen molar-refractivity contribution in [2.75, 3.05) is 33.9 Å². The van der Waals surface area contributed by atoms with Crippen molar-refractivity contribution in [3.8, 4) is 11.5 Å². The summed E-state index contributed by atoms with van der Waals surface area (Å²) < 4.78 is 10.9. The number of nitrogens with zero attached hydrogens (tertiary/aromatic N) is 1. The number of likely N-dealkylation sites (N-methyl/N-ethyl adjacent to an activating group) is 1. The monoisotopic (exact) mass is 253 g/mol. The van der Waals surface area contributed by atoms with Gasteiger partial charge in [-0.1, -0.05) is 6.07 Å². The number of benzene rings is 1. The van der Waals surface area contributed by atoms with Crippen molar-refractivity contribution in [3.63, 3.8) is 0 Å². The Bertz CT molecular complexity index is 404. The second-order valence-electron chi connectivity index (χ2n) is 4.02. The molecule has 0 spiro atoms. The molecule has 0 atom stereocenters. The molecule has 1 aromatic carbocycles. The average molecular weight is 253 g/mol. The number of rotatable bonds is 7. The maximum Gasteiger partial charge on any atom is 0.339 e. The van der Waals surface area contributed by atoms with Gasteiger partial charge in [0.1, 0.15) is 12.2 Å². The Labute approximate surface area is 107 Å². The molecular formula is C13H19NO4. The van der Waals surface area contributed by atoms with Crippen LogP contribution in [-0.2, 0) is 0 Å². The molecule has 5 nitrogen and oxygen atoms in total. The van der Waals surface area contributed by atoms with Crippen LogP contribution in [0.4, 0.5) is 0 Å². The van der Waals surface area contributed by atoms with Gasteiger partial charge in [0.05, 0.1) is 6.61 Å². The third-order valence-electron chi connectivity index (χ3n) is 2.29. The molecule has 5 heteroatoms. The minimum Gasteiger partial charge on any atom is -0.490 e. The predicted octanol–water partition coefficient (Wildman–Crippen LogP) is 1.72. The van der Waals surface area contributed by atoms with Crippen LogP contribution in [0.15, 0.2) is 18.2 Å². The zero-order chi connectivity index (χ0) is 13.5. The summed E-state index contributed by atoms with van der Waals surface area (Å²) in [5, 5.41) is 9.12. The topological polar surface area (TPSA) is 59.0 Å². The Morgan fingerprint density at radius 3 is 2.61 bits per heavy atom. The van der Waals surface area contributed by atoms with Gasteiger partial charge >= 0.3 is 5.97 Å². The highest BCUT2D eigenvalue weighted by Crippen LogP contribution is 2.31. The minimum absolute atomic E-state index is 0.125. The maximum absolute atomic E-state index is 11.1. The van der Waals surface area contributed by atoms with Crippen LogP contribution in [0.3, 0.4) is 0 Å². The van der Waals surface area contributed by atoms with Crippen molar-refractivity contribution >= 4 is 5.97 Å². The van der Waals surface area contributed by atoms with Crippen LogP contribution < -0.4 is 9.47 Å². The van der Waals surface area contributed by atoms with Crippen molar-refractivity contribution in [1.82, 2.24) is 4.90 Å². The maximum atomic E-state index is 11.1. The Morgan fingerprint density at radius 1 is 1.33 bits per heavy atom.